The molecule has 3 rings (SSSR count). The van der Waals surface area contributed by atoms with E-state index in [1.54, 1.807) is 18.2 Å². The molecule has 1 atom stereocenters. The topological polar surface area (TPSA) is 109 Å². The van der Waals surface area contributed by atoms with Crippen LogP contribution in [0.4, 0.5) is 5.69 Å². The van der Waals surface area contributed by atoms with E-state index in [0.29, 0.717) is 17.7 Å². The van der Waals surface area contributed by atoms with Crippen molar-refractivity contribution in [3.63, 3.8) is 0 Å². The van der Waals surface area contributed by atoms with Crippen LogP contribution in [0.1, 0.15) is 33.4 Å². The summed E-state index contributed by atoms with van der Waals surface area (Å²) in [6.07, 6.45) is 3.03. The average molecular weight is 363 g/mol. The van der Waals surface area contributed by atoms with Gasteiger partial charge >= 0.3 is 5.91 Å². The summed E-state index contributed by atoms with van der Waals surface area (Å²) in [5.41, 5.74) is 6.22. The van der Waals surface area contributed by atoms with E-state index in [0.717, 1.165) is 11.8 Å². The minimum Gasteiger partial charge on any atom is -0.459 e. The van der Waals surface area contributed by atoms with E-state index >= 15 is 0 Å². The van der Waals surface area contributed by atoms with Gasteiger partial charge in [-0.1, -0.05) is 0 Å². The first-order valence-electron chi connectivity index (χ1n) is 7.54. The number of hydrogen-bond donors (Lipinski definition) is 2. The van der Waals surface area contributed by atoms with Crippen molar-refractivity contribution >= 4 is 27.5 Å². The summed E-state index contributed by atoms with van der Waals surface area (Å²) in [5, 5.41) is 0. The van der Waals surface area contributed by atoms with Crippen molar-refractivity contribution in [1.82, 2.24) is 10.9 Å². The lowest BCUT2D eigenvalue weighted by molar-refractivity contribution is 0.0831. The molecule has 0 saturated carbocycles. The molecule has 132 valence electrons. The molecule has 0 unspecified atom stereocenters. The third-order valence-corrected chi connectivity index (χ3v) is 5.16. The van der Waals surface area contributed by atoms with Gasteiger partial charge in [-0.2, -0.15) is 0 Å². The Morgan fingerprint density at radius 1 is 1.20 bits per heavy atom. The van der Waals surface area contributed by atoms with Gasteiger partial charge < -0.3 is 4.42 Å². The van der Waals surface area contributed by atoms with Gasteiger partial charge in [0, 0.05) is 11.6 Å². The maximum atomic E-state index is 12.2. The Morgan fingerprint density at radius 3 is 2.56 bits per heavy atom. The van der Waals surface area contributed by atoms with Crippen molar-refractivity contribution in [2.75, 3.05) is 10.6 Å². The van der Waals surface area contributed by atoms with E-state index in [4.69, 9.17) is 4.42 Å². The molecule has 0 saturated heterocycles. The largest absolute Gasteiger partial charge is 0.459 e. The zero-order valence-corrected chi connectivity index (χ0v) is 14.5. The Bertz CT molecular complexity index is 921. The molecule has 0 radical (unpaired) electrons. The van der Waals surface area contributed by atoms with Crippen LogP contribution in [0.2, 0.25) is 0 Å². The van der Waals surface area contributed by atoms with Crippen LogP contribution in [-0.4, -0.2) is 32.5 Å². The summed E-state index contributed by atoms with van der Waals surface area (Å²) in [4.78, 5) is 23.9. The number of carbonyl (C=O) groups is 2. The van der Waals surface area contributed by atoms with Gasteiger partial charge in [0.2, 0.25) is 10.0 Å². The van der Waals surface area contributed by atoms with Crippen LogP contribution >= 0.6 is 0 Å². The highest BCUT2D eigenvalue weighted by molar-refractivity contribution is 7.92. The van der Waals surface area contributed by atoms with E-state index in [1.807, 2.05) is 6.92 Å². The summed E-state index contributed by atoms with van der Waals surface area (Å²) in [6.45, 7) is 1.81. The molecule has 0 aliphatic carbocycles. The van der Waals surface area contributed by atoms with Crippen LogP contribution in [0, 0.1) is 0 Å². The van der Waals surface area contributed by atoms with E-state index < -0.39 is 21.8 Å². The van der Waals surface area contributed by atoms with Crippen LogP contribution in [0.15, 0.2) is 41.0 Å². The first-order valence-corrected chi connectivity index (χ1v) is 9.38. The van der Waals surface area contributed by atoms with Crippen molar-refractivity contribution < 1.29 is 22.4 Å². The molecule has 1 aliphatic rings. The zero-order chi connectivity index (χ0) is 18.2. The fourth-order valence-corrected chi connectivity index (χ4v) is 4.17. The maximum Gasteiger partial charge on any atom is 0.305 e. The molecule has 25 heavy (non-hydrogen) atoms. The second kappa shape index (κ2) is 6.25. The summed E-state index contributed by atoms with van der Waals surface area (Å²) in [5.74, 6) is -1.00. The number of fused-ring (bicyclic) bond motifs is 1. The normalized spacial score (nSPS) is 16.4. The molecule has 9 heteroatoms. The van der Waals surface area contributed by atoms with Gasteiger partial charge in [0.25, 0.3) is 5.91 Å². The molecule has 0 bridgehead atoms. The number of hydrogen-bond acceptors (Lipinski definition) is 5. The molecule has 8 nitrogen and oxygen atoms in total. The van der Waals surface area contributed by atoms with E-state index in [1.165, 1.54) is 22.7 Å². The van der Waals surface area contributed by atoms with Crippen molar-refractivity contribution in [3.8, 4) is 0 Å². The Labute approximate surface area is 144 Å². The minimum absolute atomic E-state index is 0.0758. The Kier molecular flexibility index (Phi) is 4.25. The first-order chi connectivity index (χ1) is 11.8. The predicted octanol–water partition coefficient (Wildman–Crippen LogP) is 1.06. The molecule has 2 aromatic rings. The smallest absolute Gasteiger partial charge is 0.305 e. The quantitative estimate of drug-likeness (QED) is 0.793. The highest BCUT2D eigenvalue weighted by Crippen LogP contribution is 2.34. The fourth-order valence-electron chi connectivity index (χ4n) is 2.90. The SMILES string of the molecule is C[C@H]1Cc2cc(C(=O)NNC(=O)c3ccco3)ccc2N1S(C)(=O)=O. The lowest BCUT2D eigenvalue weighted by Crippen LogP contribution is -2.41. The highest BCUT2D eigenvalue weighted by atomic mass is 32.2. The molecule has 1 aromatic heterocycles. The van der Waals surface area contributed by atoms with Gasteiger partial charge in [0.1, 0.15) is 0 Å². The van der Waals surface area contributed by atoms with Gasteiger partial charge in [0.05, 0.1) is 18.2 Å². The lowest BCUT2D eigenvalue weighted by atomic mass is 10.1. The molecule has 0 spiro atoms. The van der Waals surface area contributed by atoms with E-state index in [-0.39, 0.29) is 11.8 Å². The summed E-state index contributed by atoms with van der Waals surface area (Å²) >= 11 is 0. The molecule has 2 N–H and O–H groups in total. The van der Waals surface area contributed by atoms with Crippen LogP contribution in [0.5, 0.6) is 0 Å². The Hall–Kier alpha value is -2.81. The second-order valence-corrected chi connectivity index (χ2v) is 7.70. The standard InChI is InChI=1S/C16H17N3O5S/c1-10-8-12-9-11(5-6-13(12)19(10)25(2,22)23)15(20)17-18-16(21)14-4-3-7-24-14/h3-7,9-10H,8H2,1-2H3,(H,17,20)(H,18,21)/t10-/m0/s1. The van der Waals surface area contributed by atoms with Gasteiger partial charge in [-0.3, -0.25) is 24.7 Å². The monoisotopic (exact) mass is 363 g/mol. The lowest BCUT2D eigenvalue weighted by Gasteiger charge is -2.21. The van der Waals surface area contributed by atoms with Crippen molar-refractivity contribution in [3.05, 3.63) is 53.5 Å². The number of carbonyl (C=O) groups excluding carboxylic acids is 2. The number of nitrogens with zero attached hydrogens (tertiary/aromatic N) is 1. The number of sulfonamides is 1. The van der Waals surface area contributed by atoms with Gasteiger partial charge in [-0.15, -0.1) is 0 Å². The van der Waals surface area contributed by atoms with Crippen LogP contribution in [0.25, 0.3) is 0 Å². The zero-order valence-electron chi connectivity index (χ0n) is 13.6. The molecular weight excluding hydrogens is 346 g/mol. The highest BCUT2D eigenvalue weighted by Gasteiger charge is 2.32. The summed E-state index contributed by atoms with van der Waals surface area (Å²) in [7, 11) is -3.38. The number of nitrogens with one attached hydrogen (secondary N) is 2. The molecule has 1 aliphatic heterocycles. The third kappa shape index (κ3) is 3.36. The maximum absolute atomic E-state index is 12.2. The second-order valence-electron chi connectivity index (χ2n) is 5.84. The van der Waals surface area contributed by atoms with Crippen molar-refractivity contribution in [1.29, 1.82) is 0 Å². The number of amides is 2. The predicted molar refractivity (Wildman–Crippen MR) is 90.6 cm³/mol. The van der Waals surface area contributed by atoms with Gasteiger partial charge in [0.15, 0.2) is 5.76 Å². The molecular formula is C16H17N3O5S. The number of furan rings is 1. The average Bonchev–Trinajstić information content (AvgIpc) is 3.17. The Balaban J connectivity index is 1.73. The minimum atomic E-state index is -3.38. The molecule has 1 aromatic carbocycles. The Morgan fingerprint density at radius 2 is 1.92 bits per heavy atom. The summed E-state index contributed by atoms with van der Waals surface area (Å²) < 4.78 is 30.1. The van der Waals surface area contributed by atoms with E-state index in [9.17, 15) is 18.0 Å². The fraction of sp³-hybridized carbons (Fsp3) is 0.250. The molecule has 2 heterocycles. The van der Waals surface area contributed by atoms with Crippen LogP contribution in [-0.2, 0) is 16.4 Å². The first kappa shape index (κ1) is 17.0. The molecule has 0 fully saturated rings. The van der Waals surface area contributed by atoms with Crippen molar-refractivity contribution in [2.45, 2.75) is 19.4 Å². The number of hydrazine groups is 1. The number of benzene rings is 1. The summed E-state index contributed by atoms with van der Waals surface area (Å²) in [6, 6.07) is 7.57. The van der Waals surface area contributed by atoms with E-state index in [2.05, 4.69) is 10.9 Å². The van der Waals surface area contributed by atoms with Crippen LogP contribution < -0.4 is 15.2 Å². The number of rotatable bonds is 3. The van der Waals surface area contributed by atoms with Gasteiger partial charge in [-0.05, 0) is 49.2 Å². The van der Waals surface area contributed by atoms with Crippen molar-refractivity contribution in [2.24, 2.45) is 0 Å². The van der Waals surface area contributed by atoms with Gasteiger partial charge in [-0.25, -0.2) is 8.42 Å². The molecule has 2 amide bonds. The van der Waals surface area contributed by atoms with Crippen LogP contribution in [0.3, 0.4) is 0 Å². The third-order valence-electron chi connectivity index (χ3n) is 3.89. The number of anilines is 1.